The van der Waals surface area contributed by atoms with Gasteiger partial charge >= 0.3 is 0 Å². The molecule has 1 amide bonds. The molecular weight excluding hydrogens is 190 g/mol. The molecular formula is C11H23N3O. The van der Waals surface area contributed by atoms with E-state index in [-0.39, 0.29) is 18.0 Å². The average molecular weight is 213 g/mol. The van der Waals surface area contributed by atoms with Crippen molar-refractivity contribution in [3.05, 3.63) is 0 Å². The SMILES string of the molecule is CC(N)CCN(C)C1CCCCNC1=O. The molecule has 15 heavy (non-hydrogen) atoms. The summed E-state index contributed by atoms with van der Waals surface area (Å²) in [4.78, 5) is 13.8. The number of nitrogens with zero attached hydrogens (tertiary/aromatic N) is 1. The number of amides is 1. The highest BCUT2D eigenvalue weighted by atomic mass is 16.2. The van der Waals surface area contributed by atoms with E-state index >= 15 is 0 Å². The summed E-state index contributed by atoms with van der Waals surface area (Å²) in [6, 6.07) is 0.257. The number of likely N-dealkylation sites (N-methyl/N-ethyl adjacent to an activating group) is 1. The molecule has 1 fully saturated rings. The molecule has 4 nitrogen and oxygen atoms in total. The summed E-state index contributed by atoms with van der Waals surface area (Å²) < 4.78 is 0. The van der Waals surface area contributed by atoms with Gasteiger partial charge < -0.3 is 11.1 Å². The van der Waals surface area contributed by atoms with Crippen molar-refractivity contribution in [3.63, 3.8) is 0 Å². The number of carbonyl (C=O) groups excluding carboxylic acids is 1. The molecule has 1 heterocycles. The second-order valence-corrected chi connectivity index (χ2v) is 4.55. The van der Waals surface area contributed by atoms with E-state index in [1.807, 2.05) is 14.0 Å². The van der Waals surface area contributed by atoms with E-state index in [0.29, 0.717) is 0 Å². The standard InChI is InChI=1S/C11H23N3O/c1-9(12)6-8-14(2)10-5-3-4-7-13-11(10)15/h9-10H,3-8,12H2,1-2H3,(H,13,15). The van der Waals surface area contributed by atoms with Gasteiger partial charge in [0.25, 0.3) is 0 Å². The molecule has 0 aromatic carbocycles. The van der Waals surface area contributed by atoms with Gasteiger partial charge in [-0.15, -0.1) is 0 Å². The van der Waals surface area contributed by atoms with Crippen LogP contribution in [0, 0.1) is 0 Å². The highest BCUT2D eigenvalue weighted by molar-refractivity contribution is 5.81. The highest BCUT2D eigenvalue weighted by Crippen LogP contribution is 2.11. The lowest BCUT2D eigenvalue weighted by atomic mass is 10.1. The fourth-order valence-corrected chi connectivity index (χ4v) is 1.91. The lowest BCUT2D eigenvalue weighted by Crippen LogP contribution is -2.44. The number of rotatable bonds is 4. The molecule has 4 heteroatoms. The Hall–Kier alpha value is -0.610. The number of hydrogen-bond donors (Lipinski definition) is 2. The molecule has 0 saturated carbocycles. The van der Waals surface area contributed by atoms with E-state index in [1.165, 1.54) is 0 Å². The predicted octanol–water partition coefficient (Wildman–Crippen LogP) is 0.324. The van der Waals surface area contributed by atoms with E-state index in [0.717, 1.165) is 38.8 Å². The van der Waals surface area contributed by atoms with Gasteiger partial charge in [0.1, 0.15) is 0 Å². The Morgan fingerprint density at radius 1 is 1.60 bits per heavy atom. The predicted molar refractivity (Wildman–Crippen MR) is 61.5 cm³/mol. The number of nitrogens with one attached hydrogen (secondary N) is 1. The van der Waals surface area contributed by atoms with Gasteiger partial charge in [0.2, 0.25) is 5.91 Å². The maximum atomic E-state index is 11.7. The molecule has 3 N–H and O–H groups in total. The van der Waals surface area contributed by atoms with Gasteiger partial charge in [0.05, 0.1) is 6.04 Å². The topological polar surface area (TPSA) is 58.4 Å². The van der Waals surface area contributed by atoms with Crippen LogP contribution < -0.4 is 11.1 Å². The molecule has 0 radical (unpaired) electrons. The summed E-state index contributed by atoms with van der Waals surface area (Å²) in [5.74, 6) is 0.180. The van der Waals surface area contributed by atoms with Gasteiger partial charge in [-0.2, -0.15) is 0 Å². The van der Waals surface area contributed by atoms with Crippen molar-refractivity contribution in [2.24, 2.45) is 5.73 Å². The van der Waals surface area contributed by atoms with Gasteiger partial charge in [0, 0.05) is 19.1 Å². The minimum absolute atomic E-state index is 0.0475. The van der Waals surface area contributed by atoms with Crippen LogP contribution in [0.4, 0.5) is 0 Å². The van der Waals surface area contributed by atoms with Crippen LogP contribution in [0.2, 0.25) is 0 Å². The molecule has 2 unspecified atom stereocenters. The molecule has 1 rings (SSSR count). The van der Waals surface area contributed by atoms with Crippen molar-refractivity contribution in [2.75, 3.05) is 20.1 Å². The summed E-state index contributed by atoms with van der Waals surface area (Å²) in [5.41, 5.74) is 5.71. The summed E-state index contributed by atoms with van der Waals surface area (Å²) in [5, 5.41) is 2.95. The number of carbonyl (C=O) groups is 1. The molecule has 0 aromatic rings. The second kappa shape index (κ2) is 6.08. The van der Waals surface area contributed by atoms with Crippen LogP contribution in [0.15, 0.2) is 0 Å². The van der Waals surface area contributed by atoms with Gasteiger partial charge in [-0.3, -0.25) is 9.69 Å². The van der Waals surface area contributed by atoms with Crippen molar-refractivity contribution in [3.8, 4) is 0 Å². The summed E-state index contributed by atoms with van der Waals surface area (Å²) >= 11 is 0. The third-order valence-corrected chi connectivity index (χ3v) is 2.98. The van der Waals surface area contributed by atoms with Crippen molar-refractivity contribution >= 4 is 5.91 Å². The number of nitrogens with two attached hydrogens (primary N) is 1. The van der Waals surface area contributed by atoms with Gasteiger partial charge in [-0.1, -0.05) is 0 Å². The zero-order valence-electron chi connectivity index (χ0n) is 9.83. The van der Waals surface area contributed by atoms with Crippen LogP contribution in [0.3, 0.4) is 0 Å². The first-order valence-corrected chi connectivity index (χ1v) is 5.85. The van der Waals surface area contributed by atoms with Crippen LogP contribution in [-0.4, -0.2) is 43.0 Å². The fourth-order valence-electron chi connectivity index (χ4n) is 1.91. The zero-order chi connectivity index (χ0) is 11.3. The minimum Gasteiger partial charge on any atom is -0.355 e. The van der Waals surface area contributed by atoms with E-state index in [2.05, 4.69) is 10.2 Å². The Morgan fingerprint density at radius 2 is 2.33 bits per heavy atom. The Kier molecular flexibility index (Phi) is 5.05. The second-order valence-electron chi connectivity index (χ2n) is 4.55. The monoisotopic (exact) mass is 213 g/mol. The van der Waals surface area contributed by atoms with Gasteiger partial charge in [0.15, 0.2) is 0 Å². The van der Waals surface area contributed by atoms with Crippen LogP contribution in [0.1, 0.15) is 32.6 Å². The van der Waals surface area contributed by atoms with Crippen molar-refractivity contribution in [2.45, 2.75) is 44.7 Å². The largest absolute Gasteiger partial charge is 0.355 e. The van der Waals surface area contributed by atoms with Crippen molar-refractivity contribution in [1.82, 2.24) is 10.2 Å². The van der Waals surface area contributed by atoms with Crippen LogP contribution >= 0.6 is 0 Å². The lowest BCUT2D eigenvalue weighted by Gasteiger charge is -2.26. The van der Waals surface area contributed by atoms with E-state index in [1.54, 1.807) is 0 Å². The molecule has 88 valence electrons. The first kappa shape index (κ1) is 12.5. The van der Waals surface area contributed by atoms with Crippen LogP contribution in [0.5, 0.6) is 0 Å². The molecule has 0 spiro atoms. The minimum atomic E-state index is 0.0475. The van der Waals surface area contributed by atoms with Crippen molar-refractivity contribution in [1.29, 1.82) is 0 Å². The average Bonchev–Trinajstić information content (AvgIpc) is 2.39. The van der Waals surface area contributed by atoms with E-state index in [9.17, 15) is 4.79 Å². The number of hydrogen-bond acceptors (Lipinski definition) is 3. The third kappa shape index (κ3) is 4.18. The van der Waals surface area contributed by atoms with E-state index in [4.69, 9.17) is 5.73 Å². The quantitative estimate of drug-likeness (QED) is 0.707. The fraction of sp³-hybridized carbons (Fsp3) is 0.909. The van der Waals surface area contributed by atoms with Crippen molar-refractivity contribution < 1.29 is 4.79 Å². The first-order valence-electron chi connectivity index (χ1n) is 5.85. The maximum Gasteiger partial charge on any atom is 0.237 e. The summed E-state index contributed by atoms with van der Waals surface area (Å²) in [7, 11) is 2.01. The van der Waals surface area contributed by atoms with Crippen LogP contribution in [0.25, 0.3) is 0 Å². The first-order chi connectivity index (χ1) is 7.11. The third-order valence-electron chi connectivity index (χ3n) is 2.98. The zero-order valence-corrected chi connectivity index (χ0v) is 9.83. The maximum absolute atomic E-state index is 11.7. The van der Waals surface area contributed by atoms with E-state index < -0.39 is 0 Å². The van der Waals surface area contributed by atoms with Gasteiger partial charge in [-0.25, -0.2) is 0 Å². The normalized spacial score (nSPS) is 24.8. The summed E-state index contributed by atoms with van der Waals surface area (Å²) in [6.07, 6.45) is 4.15. The molecule has 1 saturated heterocycles. The Bertz CT molecular complexity index is 206. The van der Waals surface area contributed by atoms with Gasteiger partial charge in [-0.05, 0) is 39.7 Å². The molecule has 0 aliphatic carbocycles. The molecule has 1 aliphatic rings. The Balaban J connectivity index is 2.41. The lowest BCUT2D eigenvalue weighted by molar-refractivity contribution is -0.125. The molecule has 2 atom stereocenters. The Morgan fingerprint density at radius 3 is 3.00 bits per heavy atom. The molecule has 0 bridgehead atoms. The summed E-state index contributed by atoms with van der Waals surface area (Å²) in [6.45, 7) is 3.73. The highest BCUT2D eigenvalue weighted by Gasteiger charge is 2.24. The smallest absolute Gasteiger partial charge is 0.237 e. The molecule has 1 aliphatic heterocycles. The molecule has 0 aromatic heterocycles. The van der Waals surface area contributed by atoms with Crippen LogP contribution in [-0.2, 0) is 4.79 Å². The Labute approximate surface area is 92.2 Å².